The fraction of sp³-hybridized carbons (Fsp3) is 0.261. The number of hydrogen-bond donors (Lipinski definition) is 1. The summed E-state index contributed by atoms with van der Waals surface area (Å²) in [6.07, 6.45) is 0.647. The topological polar surface area (TPSA) is 111 Å². The van der Waals surface area contributed by atoms with Crippen molar-refractivity contribution in [3.05, 3.63) is 74.5 Å². The van der Waals surface area contributed by atoms with Gasteiger partial charge in [0.15, 0.2) is 6.61 Å². The molecule has 1 amide bonds. The van der Waals surface area contributed by atoms with E-state index in [-0.39, 0.29) is 11.4 Å². The zero-order chi connectivity index (χ0) is 22.7. The van der Waals surface area contributed by atoms with Gasteiger partial charge in [0, 0.05) is 17.1 Å². The lowest BCUT2D eigenvalue weighted by atomic mass is 10.0. The number of nitro groups is 1. The predicted molar refractivity (Wildman–Crippen MR) is 117 cm³/mol. The van der Waals surface area contributed by atoms with Gasteiger partial charge in [-0.2, -0.15) is 0 Å². The van der Waals surface area contributed by atoms with Gasteiger partial charge in [-0.25, -0.2) is 4.79 Å². The van der Waals surface area contributed by atoms with E-state index in [0.717, 1.165) is 16.8 Å². The molecule has 8 nitrogen and oxygen atoms in total. The first kappa shape index (κ1) is 21.9. The molecule has 160 valence electrons. The van der Waals surface area contributed by atoms with Crippen LogP contribution in [0.4, 0.5) is 11.4 Å². The third kappa shape index (κ3) is 4.53. The molecule has 0 bridgehead atoms. The minimum Gasteiger partial charge on any atom is -0.452 e. The van der Waals surface area contributed by atoms with E-state index in [2.05, 4.69) is 10.3 Å². The van der Waals surface area contributed by atoms with Crippen molar-refractivity contribution in [2.75, 3.05) is 11.9 Å². The van der Waals surface area contributed by atoms with Gasteiger partial charge in [0.25, 0.3) is 11.6 Å². The molecule has 0 aliphatic carbocycles. The number of rotatable bonds is 6. The first-order valence-corrected chi connectivity index (χ1v) is 9.83. The van der Waals surface area contributed by atoms with Gasteiger partial charge in [-0.1, -0.05) is 25.1 Å². The largest absolute Gasteiger partial charge is 0.452 e. The molecule has 0 spiro atoms. The highest BCUT2D eigenvalue weighted by Gasteiger charge is 2.21. The maximum atomic E-state index is 12.8. The van der Waals surface area contributed by atoms with Crippen molar-refractivity contribution in [2.24, 2.45) is 0 Å². The van der Waals surface area contributed by atoms with Crippen molar-refractivity contribution in [3.63, 3.8) is 0 Å². The summed E-state index contributed by atoms with van der Waals surface area (Å²) < 4.78 is 5.26. The standard InChI is InChI=1S/C23H23N3O5/c1-5-17-15(4)22(16-8-6-7-9-18(16)24-17)23(28)31-12-21(27)25-19-10-13(2)14(3)11-20(19)26(29)30/h6-11H,5,12H2,1-4H3,(H,25,27). The van der Waals surface area contributed by atoms with Crippen LogP contribution in [-0.4, -0.2) is 28.4 Å². The van der Waals surface area contributed by atoms with Gasteiger partial charge >= 0.3 is 5.97 Å². The van der Waals surface area contributed by atoms with Crippen molar-refractivity contribution in [1.29, 1.82) is 0 Å². The Balaban J connectivity index is 1.81. The molecule has 1 aromatic heterocycles. The third-order valence-corrected chi connectivity index (χ3v) is 5.19. The summed E-state index contributed by atoms with van der Waals surface area (Å²) in [5, 5.41) is 14.4. The average Bonchev–Trinajstić information content (AvgIpc) is 2.73. The Morgan fingerprint density at radius 3 is 2.48 bits per heavy atom. The van der Waals surface area contributed by atoms with E-state index in [4.69, 9.17) is 4.74 Å². The molecule has 8 heteroatoms. The number of nitro benzene ring substituents is 1. The monoisotopic (exact) mass is 421 g/mol. The molecule has 2 aromatic carbocycles. The van der Waals surface area contributed by atoms with Crippen LogP contribution in [0.2, 0.25) is 0 Å². The first-order valence-electron chi connectivity index (χ1n) is 9.83. The number of aromatic nitrogens is 1. The zero-order valence-corrected chi connectivity index (χ0v) is 17.8. The van der Waals surface area contributed by atoms with Crippen LogP contribution in [0.5, 0.6) is 0 Å². The highest BCUT2D eigenvalue weighted by Crippen LogP contribution is 2.28. The lowest BCUT2D eigenvalue weighted by Gasteiger charge is -2.13. The van der Waals surface area contributed by atoms with Crippen LogP contribution >= 0.6 is 0 Å². The number of ether oxygens (including phenoxy) is 1. The smallest absolute Gasteiger partial charge is 0.339 e. The van der Waals surface area contributed by atoms with Crippen LogP contribution in [0.15, 0.2) is 36.4 Å². The normalized spacial score (nSPS) is 10.7. The Hall–Kier alpha value is -3.81. The molecule has 0 radical (unpaired) electrons. The molecule has 0 aliphatic rings. The van der Waals surface area contributed by atoms with E-state index in [0.29, 0.717) is 28.5 Å². The number of hydrogen-bond acceptors (Lipinski definition) is 6. The summed E-state index contributed by atoms with van der Waals surface area (Å²) in [6, 6.07) is 10.2. The second-order valence-corrected chi connectivity index (χ2v) is 7.26. The van der Waals surface area contributed by atoms with E-state index in [1.807, 2.05) is 19.1 Å². The van der Waals surface area contributed by atoms with Gasteiger partial charge in [0.2, 0.25) is 0 Å². The van der Waals surface area contributed by atoms with Crippen LogP contribution < -0.4 is 5.32 Å². The van der Waals surface area contributed by atoms with Crippen LogP contribution in [0.3, 0.4) is 0 Å². The van der Waals surface area contributed by atoms with Crippen LogP contribution in [0.25, 0.3) is 10.9 Å². The Bertz CT molecular complexity index is 1200. The van der Waals surface area contributed by atoms with Gasteiger partial charge in [-0.05, 0) is 56.0 Å². The van der Waals surface area contributed by atoms with Gasteiger partial charge in [-0.3, -0.25) is 19.9 Å². The summed E-state index contributed by atoms with van der Waals surface area (Å²) in [4.78, 5) is 40.5. The van der Waals surface area contributed by atoms with Crippen molar-refractivity contribution < 1.29 is 19.2 Å². The third-order valence-electron chi connectivity index (χ3n) is 5.19. The fourth-order valence-corrected chi connectivity index (χ4v) is 3.41. The number of carbonyl (C=O) groups is 2. The second kappa shape index (κ2) is 8.91. The van der Waals surface area contributed by atoms with Gasteiger partial charge in [0.05, 0.1) is 16.0 Å². The number of nitrogens with one attached hydrogen (secondary N) is 1. The molecule has 0 atom stereocenters. The summed E-state index contributed by atoms with van der Waals surface area (Å²) in [5.74, 6) is -1.30. The summed E-state index contributed by atoms with van der Waals surface area (Å²) >= 11 is 0. The second-order valence-electron chi connectivity index (χ2n) is 7.26. The number of esters is 1. The van der Waals surface area contributed by atoms with E-state index in [1.54, 1.807) is 32.9 Å². The molecule has 3 rings (SSSR count). The number of benzene rings is 2. The number of para-hydroxylation sites is 1. The molecule has 0 unspecified atom stereocenters. The Kier molecular flexibility index (Phi) is 6.29. The number of pyridine rings is 1. The molecule has 3 aromatic rings. The van der Waals surface area contributed by atoms with E-state index >= 15 is 0 Å². The molecule has 0 saturated carbocycles. The number of amides is 1. The van der Waals surface area contributed by atoms with Crippen molar-refractivity contribution >= 4 is 34.2 Å². The molecular weight excluding hydrogens is 398 g/mol. The van der Waals surface area contributed by atoms with Crippen LogP contribution in [0, 0.1) is 30.9 Å². The van der Waals surface area contributed by atoms with E-state index in [1.165, 1.54) is 12.1 Å². The Morgan fingerprint density at radius 2 is 1.81 bits per heavy atom. The molecule has 0 aliphatic heterocycles. The maximum absolute atomic E-state index is 12.8. The zero-order valence-electron chi connectivity index (χ0n) is 17.8. The summed E-state index contributed by atoms with van der Waals surface area (Å²) in [6.45, 7) is 6.72. The number of fused-ring (bicyclic) bond motifs is 1. The molecule has 0 saturated heterocycles. The Labute approximate surface area is 179 Å². The van der Waals surface area contributed by atoms with Gasteiger partial charge in [-0.15, -0.1) is 0 Å². The minimum absolute atomic E-state index is 0.0629. The molecular formula is C23H23N3O5. The quantitative estimate of drug-likeness (QED) is 0.358. The van der Waals surface area contributed by atoms with Crippen LogP contribution in [-0.2, 0) is 16.0 Å². The Morgan fingerprint density at radius 1 is 1.13 bits per heavy atom. The van der Waals surface area contributed by atoms with Crippen molar-refractivity contribution in [3.8, 4) is 0 Å². The number of nitrogens with zero attached hydrogens (tertiary/aromatic N) is 2. The van der Waals surface area contributed by atoms with Crippen LogP contribution in [0.1, 0.15) is 39.7 Å². The summed E-state index contributed by atoms with van der Waals surface area (Å²) in [5.41, 5.74) is 3.91. The highest BCUT2D eigenvalue weighted by atomic mass is 16.6. The lowest BCUT2D eigenvalue weighted by Crippen LogP contribution is -2.22. The molecule has 31 heavy (non-hydrogen) atoms. The SMILES string of the molecule is CCc1nc2ccccc2c(C(=O)OCC(=O)Nc2cc(C)c(C)cc2[N+](=O)[O-])c1C. The number of carbonyl (C=O) groups excluding carboxylic acids is 2. The average molecular weight is 421 g/mol. The molecule has 1 N–H and O–H groups in total. The minimum atomic E-state index is -0.661. The summed E-state index contributed by atoms with van der Waals surface area (Å²) in [7, 11) is 0. The lowest BCUT2D eigenvalue weighted by molar-refractivity contribution is -0.384. The van der Waals surface area contributed by atoms with Gasteiger partial charge in [0.1, 0.15) is 5.69 Å². The number of aryl methyl sites for hydroxylation is 3. The molecule has 1 heterocycles. The highest BCUT2D eigenvalue weighted by molar-refractivity contribution is 6.06. The predicted octanol–water partition coefficient (Wildman–Crippen LogP) is 4.43. The fourth-order valence-electron chi connectivity index (χ4n) is 3.41. The van der Waals surface area contributed by atoms with E-state index in [9.17, 15) is 19.7 Å². The van der Waals surface area contributed by atoms with Gasteiger partial charge < -0.3 is 10.1 Å². The van der Waals surface area contributed by atoms with Crippen molar-refractivity contribution in [2.45, 2.75) is 34.1 Å². The maximum Gasteiger partial charge on any atom is 0.339 e. The molecule has 0 fully saturated rings. The van der Waals surface area contributed by atoms with E-state index < -0.39 is 23.4 Å². The number of anilines is 1. The van der Waals surface area contributed by atoms with Crippen molar-refractivity contribution in [1.82, 2.24) is 4.98 Å². The first-order chi connectivity index (χ1) is 14.7.